The highest BCUT2D eigenvalue weighted by Crippen LogP contribution is 2.22. The van der Waals surface area contributed by atoms with Crippen LogP contribution in [0.5, 0.6) is 0 Å². The van der Waals surface area contributed by atoms with Crippen LogP contribution in [0.1, 0.15) is 31.4 Å². The molecule has 0 saturated carbocycles. The molecule has 7 heteroatoms. The molecule has 2 atom stereocenters. The largest absolute Gasteiger partial charge is 0.368 e. The van der Waals surface area contributed by atoms with Crippen LogP contribution in [0.15, 0.2) is 48.5 Å². The first-order chi connectivity index (χ1) is 13.4. The van der Waals surface area contributed by atoms with E-state index in [1.807, 2.05) is 31.2 Å². The summed E-state index contributed by atoms with van der Waals surface area (Å²) in [6, 6.07) is 14.1. The van der Waals surface area contributed by atoms with Gasteiger partial charge in [-0.15, -0.1) is 0 Å². The predicted octanol–water partition coefficient (Wildman–Crippen LogP) is 4.68. The molecule has 2 aromatic rings. The Balaban J connectivity index is 1.56. The van der Waals surface area contributed by atoms with Crippen molar-refractivity contribution in [1.29, 1.82) is 0 Å². The van der Waals surface area contributed by atoms with Gasteiger partial charge < -0.3 is 20.3 Å². The third-order valence-electron chi connectivity index (χ3n) is 4.88. The Hall–Kier alpha value is -2.57. The van der Waals surface area contributed by atoms with Gasteiger partial charge in [-0.05, 0) is 61.7 Å². The molecule has 28 heavy (non-hydrogen) atoms. The van der Waals surface area contributed by atoms with Crippen molar-refractivity contribution in [1.82, 2.24) is 4.90 Å². The summed E-state index contributed by atoms with van der Waals surface area (Å²) in [7, 11) is 1.74. The molecule has 1 aliphatic rings. The van der Waals surface area contributed by atoms with Crippen LogP contribution in [0, 0.1) is 0 Å². The van der Waals surface area contributed by atoms with Crippen molar-refractivity contribution >= 4 is 34.9 Å². The van der Waals surface area contributed by atoms with E-state index in [1.54, 1.807) is 36.2 Å². The topological polar surface area (TPSA) is 70.7 Å². The molecule has 0 aliphatic carbocycles. The summed E-state index contributed by atoms with van der Waals surface area (Å²) in [6.07, 6.45) is 1.28. The maximum Gasteiger partial charge on any atom is 0.322 e. The van der Waals surface area contributed by atoms with Crippen LogP contribution < -0.4 is 10.6 Å². The van der Waals surface area contributed by atoms with Crippen molar-refractivity contribution < 1.29 is 14.3 Å². The van der Waals surface area contributed by atoms with Crippen LogP contribution in [0.3, 0.4) is 0 Å². The average molecular weight is 402 g/mol. The zero-order valence-electron chi connectivity index (χ0n) is 15.9. The lowest BCUT2D eigenvalue weighted by atomic mass is 10.1. The molecule has 2 aromatic carbocycles. The van der Waals surface area contributed by atoms with Crippen molar-refractivity contribution in [2.45, 2.75) is 31.9 Å². The Morgan fingerprint density at radius 3 is 2.25 bits per heavy atom. The van der Waals surface area contributed by atoms with Crippen LogP contribution >= 0.6 is 11.6 Å². The molecule has 1 fully saturated rings. The maximum absolute atomic E-state index is 12.5. The molecular weight excluding hydrogens is 378 g/mol. The summed E-state index contributed by atoms with van der Waals surface area (Å²) in [5, 5.41) is 6.36. The Kier molecular flexibility index (Phi) is 6.54. The zero-order valence-corrected chi connectivity index (χ0v) is 16.7. The van der Waals surface area contributed by atoms with Gasteiger partial charge in [0.15, 0.2) is 0 Å². The van der Waals surface area contributed by atoms with Crippen LogP contribution in [-0.2, 0) is 9.53 Å². The first-order valence-corrected chi connectivity index (χ1v) is 9.63. The van der Waals surface area contributed by atoms with E-state index >= 15 is 0 Å². The molecular formula is C21H24ClN3O3. The van der Waals surface area contributed by atoms with Crippen LogP contribution in [-0.4, -0.2) is 36.6 Å². The number of nitrogens with one attached hydrogen (secondary N) is 2. The zero-order chi connectivity index (χ0) is 20.1. The molecule has 1 aliphatic heterocycles. The number of carbonyl (C=O) groups excluding carboxylic acids is 2. The van der Waals surface area contributed by atoms with Crippen LogP contribution in [0.2, 0.25) is 5.02 Å². The first kappa shape index (κ1) is 20.2. The molecule has 0 spiro atoms. The second-order valence-electron chi connectivity index (χ2n) is 6.84. The van der Waals surface area contributed by atoms with E-state index in [1.165, 1.54) is 0 Å². The number of ether oxygens (including phenoxy) is 1. The minimum absolute atomic E-state index is 0.109. The molecule has 1 heterocycles. The van der Waals surface area contributed by atoms with Gasteiger partial charge in [0.05, 0.1) is 6.04 Å². The number of anilines is 2. The number of rotatable bonds is 5. The summed E-state index contributed by atoms with van der Waals surface area (Å²) >= 11 is 5.92. The SMILES string of the molecule is C[C@H](c1ccc(Cl)cc1)N(C)C(=O)Nc1ccc(NC(=O)[C@@H]2CCCO2)cc1. The monoisotopic (exact) mass is 401 g/mol. The number of amides is 3. The van der Waals surface area contributed by atoms with E-state index in [-0.39, 0.29) is 24.1 Å². The van der Waals surface area contributed by atoms with Crippen LogP contribution in [0.25, 0.3) is 0 Å². The van der Waals surface area contributed by atoms with Gasteiger partial charge in [0, 0.05) is 30.1 Å². The van der Waals surface area contributed by atoms with Crippen molar-refractivity contribution in [3.63, 3.8) is 0 Å². The van der Waals surface area contributed by atoms with E-state index < -0.39 is 0 Å². The maximum atomic E-state index is 12.5. The van der Waals surface area contributed by atoms with Gasteiger partial charge in [0.25, 0.3) is 5.91 Å². The second-order valence-corrected chi connectivity index (χ2v) is 7.27. The molecule has 0 radical (unpaired) electrons. The van der Waals surface area contributed by atoms with Gasteiger partial charge in [-0.3, -0.25) is 4.79 Å². The lowest BCUT2D eigenvalue weighted by Gasteiger charge is -2.25. The van der Waals surface area contributed by atoms with Gasteiger partial charge in [0.2, 0.25) is 0 Å². The van der Waals surface area contributed by atoms with E-state index in [2.05, 4.69) is 10.6 Å². The molecule has 148 valence electrons. The first-order valence-electron chi connectivity index (χ1n) is 9.26. The minimum atomic E-state index is -0.373. The minimum Gasteiger partial charge on any atom is -0.368 e. The summed E-state index contributed by atoms with van der Waals surface area (Å²) in [4.78, 5) is 26.2. The van der Waals surface area contributed by atoms with E-state index in [0.29, 0.717) is 23.0 Å². The fourth-order valence-corrected chi connectivity index (χ4v) is 3.12. The van der Waals surface area contributed by atoms with Gasteiger partial charge in [-0.25, -0.2) is 4.79 Å². The summed E-state index contributed by atoms with van der Waals surface area (Å²) in [5.74, 6) is -0.134. The lowest BCUT2D eigenvalue weighted by Crippen LogP contribution is -2.33. The van der Waals surface area contributed by atoms with E-state index in [4.69, 9.17) is 16.3 Å². The Morgan fingerprint density at radius 1 is 1.07 bits per heavy atom. The lowest BCUT2D eigenvalue weighted by molar-refractivity contribution is -0.124. The molecule has 0 unspecified atom stereocenters. The highest BCUT2D eigenvalue weighted by molar-refractivity contribution is 6.30. The summed E-state index contributed by atoms with van der Waals surface area (Å²) < 4.78 is 5.37. The number of benzene rings is 2. The van der Waals surface area contributed by atoms with E-state index in [9.17, 15) is 9.59 Å². The fourth-order valence-electron chi connectivity index (χ4n) is 3.00. The summed E-state index contributed by atoms with van der Waals surface area (Å²) in [5.41, 5.74) is 2.31. The molecule has 3 rings (SSSR count). The van der Waals surface area contributed by atoms with Gasteiger partial charge in [-0.1, -0.05) is 23.7 Å². The third kappa shape index (κ3) is 5.03. The van der Waals surface area contributed by atoms with Crippen molar-refractivity contribution in [2.24, 2.45) is 0 Å². The number of nitrogens with zero attached hydrogens (tertiary/aromatic N) is 1. The highest BCUT2D eigenvalue weighted by Gasteiger charge is 2.23. The predicted molar refractivity (Wildman–Crippen MR) is 111 cm³/mol. The van der Waals surface area contributed by atoms with Crippen molar-refractivity contribution in [2.75, 3.05) is 24.3 Å². The van der Waals surface area contributed by atoms with Gasteiger partial charge >= 0.3 is 6.03 Å². The second kappa shape index (κ2) is 9.08. The molecule has 0 bridgehead atoms. The number of carbonyl (C=O) groups is 2. The Morgan fingerprint density at radius 2 is 1.68 bits per heavy atom. The van der Waals surface area contributed by atoms with Gasteiger partial charge in [-0.2, -0.15) is 0 Å². The molecule has 3 amide bonds. The third-order valence-corrected chi connectivity index (χ3v) is 5.13. The molecule has 1 saturated heterocycles. The van der Waals surface area contributed by atoms with Gasteiger partial charge in [0.1, 0.15) is 6.10 Å². The fraction of sp³-hybridized carbons (Fsp3) is 0.333. The number of halogens is 1. The smallest absolute Gasteiger partial charge is 0.322 e. The Bertz CT molecular complexity index is 818. The average Bonchev–Trinajstić information content (AvgIpc) is 3.24. The number of hydrogen-bond donors (Lipinski definition) is 2. The number of urea groups is 1. The Labute approximate surface area is 169 Å². The number of hydrogen-bond acceptors (Lipinski definition) is 3. The van der Waals surface area contributed by atoms with Crippen molar-refractivity contribution in [3.8, 4) is 0 Å². The normalized spacial score (nSPS) is 17.0. The van der Waals surface area contributed by atoms with E-state index in [0.717, 1.165) is 18.4 Å². The van der Waals surface area contributed by atoms with Crippen molar-refractivity contribution in [3.05, 3.63) is 59.1 Å². The summed E-state index contributed by atoms with van der Waals surface area (Å²) in [6.45, 7) is 2.58. The standard InChI is InChI=1S/C21H24ClN3O3/c1-14(15-5-7-16(22)8-6-15)25(2)21(27)24-18-11-9-17(10-12-18)23-20(26)19-4-3-13-28-19/h5-12,14,19H,3-4,13H2,1-2H3,(H,23,26)(H,24,27)/t14-,19+/m1/s1. The molecule has 0 aromatic heterocycles. The molecule has 2 N–H and O–H groups in total. The van der Waals surface area contributed by atoms with Crippen LogP contribution in [0.4, 0.5) is 16.2 Å². The molecule has 6 nitrogen and oxygen atoms in total. The highest BCUT2D eigenvalue weighted by atomic mass is 35.5. The quantitative estimate of drug-likeness (QED) is 0.763.